The normalized spacial score (nSPS) is 26.8. The van der Waals surface area contributed by atoms with Gasteiger partial charge in [-0.15, -0.1) is 0 Å². The zero-order valence-electron chi connectivity index (χ0n) is 11.5. The Hall–Kier alpha value is -0.120. The molecule has 0 radical (unpaired) electrons. The third kappa shape index (κ3) is 3.94. The van der Waals surface area contributed by atoms with Crippen molar-refractivity contribution >= 4 is 0 Å². The molecule has 1 saturated heterocycles. The van der Waals surface area contributed by atoms with Gasteiger partial charge < -0.3 is 10.0 Å². The van der Waals surface area contributed by atoms with Crippen molar-refractivity contribution in [3.05, 3.63) is 0 Å². The van der Waals surface area contributed by atoms with E-state index in [1.807, 2.05) is 0 Å². The van der Waals surface area contributed by atoms with E-state index < -0.39 is 0 Å². The van der Waals surface area contributed by atoms with Crippen molar-refractivity contribution in [2.75, 3.05) is 39.3 Å². The summed E-state index contributed by atoms with van der Waals surface area (Å²) in [5, 5.41) is 10.4. The molecule has 0 amide bonds. The van der Waals surface area contributed by atoms with E-state index in [4.69, 9.17) is 0 Å². The summed E-state index contributed by atoms with van der Waals surface area (Å²) in [5.41, 5.74) is -0.361. The van der Waals surface area contributed by atoms with Crippen LogP contribution in [-0.2, 0) is 0 Å². The molecule has 0 aromatic heterocycles. The number of β-amino-alcohol motifs (C(OH)–C–C–N with tert-alkyl or cyclic N) is 1. The van der Waals surface area contributed by atoms with Gasteiger partial charge >= 0.3 is 0 Å². The lowest BCUT2D eigenvalue weighted by molar-refractivity contribution is -0.00549. The van der Waals surface area contributed by atoms with Crippen LogP contribution in [0.15, 0.2) is 0 Å². The first-order valence-electron chi connectivity index (χ1n) is 7.24. The number of rotatable bonds is 4. The van der Waals surface area contributed by atoms with Crippen LogP contribution >= 0.6 is 0 Å². The minimum Gasteiger partial charge on any atom is -0.389 e. The number of nitrogens with zero attached hydrogens (tertiary/aromatic N) is 2. The first-order chi connectivity index (χ1) is 8.07. The predicted molar refractivity (Wildman–Crippen MR) is 71.1 cm³/mol. The Morgan fingerprint density at radius 3 is 2.06 bits per heavy atom. The highest BCUT2D eigenvalue weighted by molar-refractivity contribution is 4.88. The van der Waals surface area contributed by atoms with Crippen molar-refractivity contribution in [3.8, 4) is 0 Å². The van der Waals surface area contributed by atoms with Crippen molar-refractivity contribution < 1.29 is 5.11 Å². The first-order valence-corrected chi connectivity index (χ1v) is 7.24. The van der Waals surface area contributed by atoms with Crippen LogP contribution in [0.2, 0.25) is 0 Å². The van der Waals surface area contributed by atoms with Crippen LogP contribution in [0.1, 0.15) is 39.5 Å². The molecular weight excluding hydrogens is 212 g/mol. The van der Waals surface area contributed by atoms with Crippen LogP contribution in [-0.4, -0.2) is 59.8 Å². The van der Waals surface area contributed by atoms with Gasteiger partial charge in [-0.25, -0.2) is 0 Å². The molecule has 0 aromatic carbocycles. The molecule has 3 heteroatoms. The second-order valence-corrected chi connectivity index (χ2v) is 6.40. The molecule has 1 heterocycles. The van der Waals surface area contributed by atoms with E-state index in [0.717, 1.165) is 38.4 Å². The molecule has 0 bridgehead atoms. The smallest absolute Gasteiger partial charge is 0.0774 e. The summed E-state index contributed by atoms with van der Waals surface area (Å²) < 4.78 is 0. The van der Waals surface area contributed by atoms with E-state index in [1.165, 1.54) is 32.5 Å². The quantitative estimate of drug-likeness (QED) is 0.808. The molecule has 0 unspecified atom stereocenters. The highest BCUT2D eigenvalue weighted by Gasteiger charge is 2.33. The summed E-state index contributed by atoms with van der Waals surface area (Å²) in [6.07, 6.45) is 4.45. The molecule has 1 saturated carbocycles. The summed E-state index contributed by atoms with van der Waals surface area (Å²) in [6, 6.07) is 0. The molecule has 1 aliphatic heterocycles. The molecule has 100 valence electrons. The second kappa shape index (κ2) is 5.68. The summed E-state index contributed by atoms with van der Waals surface area (Å²) in [5.74, 6) is 0.764. The van der Waals surface area contributed by atoms with Crippen molar-refractivity contribution in [1.29, 1.82) is 0 Å². The maximum atomic E-state index is 10.4. The van der Waals surface area contributed by atoms with Gasteiger partial charge in [-0.3, -0.25) is 4.90 Å². The van der Waals surface area contributed by atoms with Crippen LogP contribution in [0, 0.1) is 5.92 Å². The third-order valence-electron chi connectivity index (χ3n) is 4.14. The predicted octanol–water partition coefficient (Wildman–Crippen LogP) is 1.57. The summed E-state index contributed by atoms with van der Waals surface area (Å²) in [4.78, 5) is 5.02. The second-order valence-electron chi connectivity index (χ2n) is 6.40. The van der Waals surface area contributed by atoms with Crippen molar-refractivity contribution in [3.63, 3.8) is 0 Å². The maximum Gasteiger partial charge on any atom is 0.0774 e. The largest absolute Gasteiger partial charge is 0.389 e. The van der Waals surface area contributed by atoms with Crippen molar-refractivity contribution in [2.45, 2.75) is 45.1 Å². The number of aliphatic hydroxyl groups is 1. The van der Waals surface area contributed by atoms with Crippen molar-refractivity contribution in [1.82, 2.24) is 9.80 Å². The zero-order chi connectivity index (χ0) is 12.3. The van der Waals surface area contributed by atoms with E-state index in [2.05, 4.69) is 23.6 Å². The molecule has 2 rings (SSSR count). The van der Waals surface area contributed by atoms with Gasteiger partial charge in [-0.05, 0) is 18.8 Å². The molecule has 0 spiro atoms. The molecule has 1 N–H and O–H groups in total. The molecule has 2 aliphatic rings. The molecular formula is C14H28N2O. The van der Waals surface area contributed by atoms with Gasteiger partial charge in [0.2, 0.25) is 0 Å². The molecule has 1 aliphatic carbocycles. The average molecular weight is 240 g/mol. The number of hydrogen-bond acceptors (Lipinski definition) is 3. The van der Waals surface area contributed by atoms with E-state index >= 15 is 0 Å². The molecule has 0 atom stereocenters. The fraction of sp³-hybridized carbons (Fsp3) is 1.00. The topological polar surface area (TPSA) is 26.7 Å². The van der Waals surface area contributed by atoms with Gasteiger partial charge in [0.05, 0.1) is 5.60 Å². The summed E-state index contributed by atoms with van der Waals surface area (Å²) in [7, 11) is 0. The standard InChI is InChI=1S/C14H28N2O/c1-13(2)11-15-7-9-16(10-8-15)12-14(17)5-3-4-6-14/h13,17H,3-12H2,1-2H3. The van der Waals surface area contributed by atoms with Gasteiger partial charge in [-0.1, -0.05) is 26.7 Å². The minimum absolute atomic E-state index is 0.361. The minimum atomic E-state index is -0.361. The van der Waals surface area contributed by atoms with Crippen LogP contribution < -0.4 is 0 Å². The van der Waals surface area contributed by atoms with Gasteiger partial charge in [0.15, 0.2) is 0 Å². The van der Waals surface area contributed by atoms with Gasteiger partial charge in [0.25, 0.3) is 0 Å². The Labute approximate surface area is 106 Å². The van der Waals surface area contributed by atoms with Crippen LogP contribution in [0.3, 0.4) is 0 Å². The Morgan fingerprint density at radius 2 is 1.53 bits per heavy atom. The van der Waals surface area contributed by atoms with Crippen LogP contribution in [0.25, 0.3) is 0 Å². The molecule has 2 fully saturated rings. The zero-order valence-corrected chi connectivity index (χ0v) is 11.5. The van der Waals surface area contributed by atoms with Crippen LogP contribution in [0.5, 0.6) is 0 Å². The number of hydrogen-bond donors (Lipinski definition) is 1. The Bertz CT molecular complexity index is 228. The molecule has 3 nitrogen and oxygen atoms in total. The highest BCUT2D eigenvalue weighted by Crippen LogP contribution is 2.30. The highest BCUT2D eigenvalue weighted by atomic mass is 16.3. The van der Waals surface area contributed by atoms with Gasteiger partial charge in [0.1, 0.15) is 0 Å². The SMILES string of the molecule is CC(C)CN1CCN(CC2(O)CCCC2)CC1. The lowest BCUT2D eigenvalue weighted by Gasteiger charge is -2.38. The Kier molecular flexibility index (Phi) is 4.45. The van der Waals surface area contributed by atoms with E-state index in [-0.39, 0.29) is 5.60 Å². The molecule has 17 heavy (non-hydrogen) atoms. The maximum absolute atomic E-state index is 10.4. The van der Waals surface area contributed by atoms with Gasteiger partial charge in [0, 0.05) is 39.3 Å². The van der Waals surface area contributed by atoms with E-state index in [0.29, 0.717) is 0 Å². The lowest BCUT2D eigenvalue weighted by Crippen LogP contribution is -2.51. The van der Waals surface area contributed by atoms with E-state index in [9.17, 15) is 5.11 Å². The van der Waals surface area contributed by atoms with Crippen LogP contribution in [0.4, 0.5) is 0 Å². The first kappa shape index (κ1) is 13.3. The lowest BCUT2D eigenvalue weighted by atomic mass is 10.0. The molecule has 0 aromatic rings. The summed E-state index contributed by atoms with van der Waals surface area (Å²) in [6.45, 7) is 11.3. The number of piperazine rings is 1. The Balaban J connectivity index is 1.71. The fourth-order valence-electron chi connectivity index (χ4n) is 3.25. The van der Waals surface area contributed by atoms with E-state index in [1.54, 1.807) is 0 Å². The van der Waals surface area contributed by atoms with Crippen molar-refractivity contribution in [2.24, 2.45) is 5.92 Å². The fourth-order valence-corrected chi connectivity index (χ4v) is 3.25. The Morgan fingerprint density at radius 1 is 1.00 bits per heavy atom. The monoisotopic (exact) mass is 240 g/mol. The van der Waals surface area contributed by atoms with Gasteiger partial charge in [-0.2, -0.15) is 0 Å². The summed E-state index contributed by atoms with van der Waals surface area (Å²) >= 11 is 0. The average Bonchev–Trinajstić information content (AvgIpc) is 2.67. The third-order valence-corrected chi connectivity index (χ3v) is 4.14.